The second-order valence-electron chi connectivity index (χ2n) is 6.80. The number of rotatable bonds is 5. The third kappa shape index (κ3) is 4.50. The maximum Gasteiger partial charge on any atom is 0.254 e. The van der Waals surface area contributed by atoms with Gasteiger partial charge in [-0.3, -0.25) is 4.79 Å². The summed E-state index contributed by atoms with van der Waals surface area (Å²) in [6.07, 6.45) is 1.60. The second-order valence-corrected chi connectivity index (χ2v) is 6.80. The topological polar surface area (TPSA) is 58.1 Å². The number of benzene rings is 2. The first-order chi connectivity index (χ1) is 12.9. The number of nitrogens with one attached hydrogen (secondary N) is 1. The molecule has 5 nitrogen and oxygen atoms in total. The van der Waals surface area contributed by atoms with E-state index in [-0.39, 0.29) is 5.91 Å². The highest BCUT2D eigenvalue weighted by molar-refractivity contribution is 5.95. The lowest BCUT2D eigenvalue weighted by Crippen LogP contribution is -2.24. The molecule has 27 heavy (non-hydrogen) atoms. The largest absolute Gasteiger partial charge is 0.378 e. The van der Waals surface area contributed by atoms with Crippen LogP contribution in [-0.2, 0) is 6.54 Å². The zero-order valence-electron chi connectivity index (χ0n) is 16.2. The van der Waals surface area contributed by atoms with Crippen molar-refractivity contribution in [2.24, 2.45) is 0 Å². The Morgan fingerprint density at radius 2 is 1.67 bits per heavy atom. The minimum absolute atomic E-state index is 0.167. The van der Waals surface area contributed by atoms with Gasteiger partial charge in [-0.15, -0.1) is 0 Å². The van der Waals surface area contributed by atoms with Gasteiger partial charge in [0, 0.05) is 38.1 Å². The Morgan fingerprint density at radius 1 is 1.00 bits per heavy atom. The quantitative estimate of drug-likeness (QED) is 0.753. The van der Waals surface area contributed by atoms with Gasteiger partial charge in [0.2, 0.25) is 0 Å². The lowest BCUT2D eigenvalue weighted by Gasteiger charge is -2.13. The van der Waals surface area contributed by atoms with E-state index in [1.165, 1.54) is 5.56 Å². The van der Waals surface area contributed by atoms with Crippen LogP contribution in [0.3, 0.4) is 0 Å². The Bertz CT molecular complexity index is 932. The van der Waals surface area contributed by atoms with Crippen molar-refractivity contribution >= 4 is 11.6 Å². The normalized spacial score (nSPS) is 10.5. The van der Waals surface area contributed by atoms with Crippen molar-refractivity contribution in [1.82, 2.24) is 15.3 Å². The van der Waals surface area contributed by atoms with Crippen LogP contribution in [0.2, 0.25) is 0 Å². The summed E-state index contributed by atoms with van der Waals surface area (Å²) >= 11 is 0. The first-order valence-corrected chi connectivity index (χ1v) is 8.89. The molecule has 3 aromatic rings. The van der Waals surface area contributed by atoms with Gasteiger partial charge in [-0.05, 0) is 31.5 Å². The standard InChI is InChI=1S/C22H24N4O/c1-15-5-9-18(10-6-15)21-23-14-20(16(2)25-21)22(27)24-13-17-7-11-19(12-8-17)26(3)4/h5-12,14H,13H2,1-4H3,(H,24,27). The van der Waals surface area contributed by atoms with Gasteiger partial charge in [0.25, 0.3) is 5.91 Å². The number of hydrogen-bond acceptors (Lipinski definition) is 4. The van der Waals surface area contributed by atoms with Crippen LogP contribution < -0.4 is 10.2 Å². The molecule has 0 saturated heterocycles. The molecule has 0 fully saturated rings. The fourth-order valence-corrected chi connectivity index (χ4v) is 2.72. The van der Waals surface area contributed by atoms with Crippen molar-refractivity contribution in [3.05, 3.63) is 77.1 Å². The lowest BCUT2D eigenvalue weighted by molar-refractivity contribution is 0.0949. The molecular weight excluding hydrogens is 336 g/mol. The van der Waals surface area contributed by atoms with Crippen LogP contribution >= 0.6 is 0 Å². The first-order valence-electron chi connectivity index (χ1n) is 8.89. The minimum atomic E-state index is -0.167. The minimum Gasteiger partial charge on any atom is -0.378 e. The molecule has 2 aromatic carbocycles. The molecule has 0 aliphatic carbocycles. The van der Waals surface area contributed by atoms with E-state index in [4.69, 9.17) is 0 Å². The summed E-state index contributed by atoms with van der Waals surface area (Å²) in [6, 6.07) is 16.1. The number of aryl methyl sites for hydroxylation is 2. The predicted octanol–water partition coefficient (Wildman–Crippen LogP) is 3.76. The molecule has 5 heteroatoms. The molecule has 0 aliphatic rings. The van der Waals surface area contributed by atoms with Gasteiger partial charge in [0.05, 0.1) is 11.3 Å². The van der Waals surface area contributed by atoms with E-state index in [0.29, 0.717) is 23.6 Å². The van der Waals surface area contributed by atoms with Crippen molar-refractivity contribution < 1.29 is 4.79 Å². The summed E-state index contributed by atoms with van der Waals surface area (Å²) in [7, 11) is 4.00. The van der Waals surface area contributed by atoms with Gasteiger partial charge < -0.3 is 10.2 Å². The number of aromatic nitrogens is 2. The van der Waals surface area contributed by atoms with Gasteiger partial charge in [-0.25, -0.2) is 9.97 Å². The van der Waals surface area contributed by atoms with E-state index in [0.717, 1.165) is 16.8 Å². The fourth-order valence-electron chi connectivity index (χ4n) is 2.72. The molecule has 1 N–H and O–H groups in total. The number of carbonyl (C=O) groups is 1. The number of amides is 1. The smallest absolute Gasteiger partial charge is 0.254 e. The van der Waals surface area contributed by atoms with Crippen LogP contribution in [0, 0.1) is 13.8 Å². The van der Waals surface area contributed by atoms with Gasteiger partial charge >= 0.3 is 0 Å². The number of nitrogens with zero attached hydrogens (tertiary/aromatic N) is 3. The SMILES string of the molecule is Cc1ccc(-c2ncc(C(=O)NCc3ccc(N(C)C)cc3)c(C)n2)cc1. The van der Waals surface area contributed by atoms with Gasteiger partial charge in [0.1, 0.15) is 0 Å². The summed E-state index contributed by atoms with van der Waals surface area (Å²) in [4.78, 5) is 23.4. The highest BCUT2D eigenvalue weighted by Crippen LogP contribution is 2.17. The third-order valence-corrected chi connectivity index (χ3v) is 4.44. The average molecular weight is 360 g/mol. The van der Waals surface area contributed by atoms with E-state index in [1.54, 1.807) is 6.20 Å². The fraction of sp³-hybridized carbons (Fsp3) is 0.227. The van der Waals surface area contributed by atoms with E-state index >= 15 is 0 Å². The van der Waals surface area contributed by atoms with Crippen LogP contribution in [0.5, 0.6) is 0 Å². The maximum absolute atomic E-state index is 12.5. The summed E-state index contributed by atoms with van der Waals surface area (Å²) in [5.74, 6) is 0.461. The molecule has 138 valence electrons. The summed E-state index contributed by atoms with van der Waals surface area (Å²) < 4.78 is 0. The Hall–Kier alpha value is -3.21. The molecule has 0 radical (unpaired) electrons. The van der Waals surface area contributed by atoms with Crippen LogP contribution in [0.25, 0.3) is 11.4 Å². The Morgan fingerprint density at radius 3 is 2.26 bits per heavy atom. The molecule has 0 aliphatic heterocycles. The zero-order valence-corrected chi connectivity index (χ0v) is 16.2. The summed E-state index contributed by atoms with van der Waals surface area (Å²) in [5.41, 5.74) is 5.46. The number of carbonyl (C=O) groups excluding carboxylic acids is 1. The Balaban J connectivity index is 1.68. The van der Waals surface area contributed by atoms with Crippen molar-refractivity contribution in [3.8, 4) is 11.4 Å². The van der Waals surface area contributed by atoms with Crippen molar-refractivity contribution in [3.63, 3.8) is 0 Å². The van der Waals surface area contributed by atoms with Crippen LogP contribution in [0.4, 0.5) is 5.69 Å². The van der Waals surface area contributed by atoms with E-state index < -0.39 is 0 Å². The molecule has 1 amide bonds. The Labute approximate surface area is 160 Å². The first kappa shape index (κ1) is 18.6. The maximum atomic E-state index is 12.5. The highest BCUT2D eigenvalue weighted by Gasteiger charge is 2.12. The monoisotopic (exact) mass is 360 g/mol. The van der Waals surface area contributed by atoms with Crippen molar-refractivity contribution in [2.75, 3.05) is 19.0 Å². The molecule has 0 atom stereocenters. The highest BCUT2D eigenvalue weighted by atomic mass is 16.1. The molecule has 1 aromatic heterocycles. The van der Waals surface area contributed by atoms with Crippen molar-refractivity contribution in [1.29, 1.82) is 0 Å². The number of hydrogen-bond donors (Lipinski definition) is 1. The second kappa shape index (κ2) is 7.99. The molecule has 1 heterocycles. The molecule has 0 unspecified atom stereocenters. The van der Waals surface area contributed by atoms with Gasteiger partial charge in [0.15, 0.2) is 5.82 Å². The van der Waals surface area contributed by atoms with Crippen LogP contribution in [0.15, 0.2) is 54.7 Å². The molecule has 0 saturated carbocycles. The van der Waals surface area contributed by atoms with E-state index in [2.05, 4.69) is 15.3 Å². The molecule has 0 bridgehead atoms. The zero-order chi connectivity index (χ0) is 19.4. The molecular formula is C22H24N4O. The van der Waals surface area contributed by atoms with E-state index in [9.17, 15) is 4.79 Å². The third-order valence-electron chi connectivity index (χ3n) is 4.44. The summed E-state index contributed by atoms with van der Waals surface area (Å²) in [6.45, 7) is 4.34. The van der Waals surface area contributed by atoms with Crippen LogP contribution in [0.1, 0.15) is 27.2 Å². The lowest BCUT2D eigenvalue weighted by atomic mass is 10.1. The Kier molecular flexibility index (Phi) is 5.50. The molecule has 0 spiro atoms. The van der Waals surface area contributed by atoms with E-state index in [1.807, 2.05) is 81.4 Å². The average Bonchev–Trinajstić information content (AvgIpc) is 2.67. The molecule has 3 rings (SSSR count). The van der Waals surface area contributed by atoms with Crippen LogP contribution in [-0.4, -0.2) is 30.0 Å². The number of anilines is 1. The van der Waals surface area contributed by atoms with Crippen molar-refractivity contribution in [2.45, 2.75) is 20.4 Å². The van der Waals surface area contributed by atoms with Gasteiger partial charge in [-0.1, -0.05) is 42.0 Å². The predicted molar refractivity (Wildman–Crippen MR) is 109 cm³/mol. The van der Waals surface area contributed by atoms with Gasteiger partial charge in [-0.2, -0.15) is 0 Å². The summed E-state index contributed by atoms with van der Waals surface area (Å²) in [5, 5.41) is 2.94.